The van der Waals surface area contributed by atoms with Crippen molar-refractivity contribution >= 4 is 17.6 Å². The number of anilines is 1. The van der Waals surface area contributed by atoms with Crippen molar-refractivity contribution in [1.29, 1.82) is 0 Å². The number of carbonyl (C=O) groups is 2. The van der Waals surface area contributed by atoms with Crippen molar-refractivity contribution in [3.8, 4) is 5.75 Å². The number of esters is 1. The minimum atomic E-state index is -0.799. The van der Waals surface area contributed by atoms with Crippen molar-refractivity contribution < 1.29 is 19.1 Å². The number of hydrogen-bond donors (Lipinski definition) is 1. The highest BCUT2D eigenvalue weighted by atomic mass is 16.6. The first-order valence-electron chi connectivity index (χ1n) is 8.65. The fraction of sp³-hybridized carbons (Fsp3) is 0.333. The van der Waals surface area contributed by atoms with Gasteiger partial charge in [-0.2, -0.15) is 0 Å². The minimum Gasteiger partial charge on any atom is -0.479 e. The summed E-state index contributed by atoms with van der Waals surface area (Å²) >= 11 is 0. The van der Waals surface area contributed by atoms with E-state index in [1.54, 1.807) is 13.0 Å². The van der Waals surface area contributed by atoms with Gasteiger partial charge in [-0.15, -0.1) is 0 Å². The summed E-state index contributed by atoms with van der Waals surface area (Å²) in [5.74, 6) is -0.102. The SMILES string of the molecule is Cc1cccc(O[C@H](C)C(=O)OCC(=O)Nc2ccccc2C(C)C)c1. The van der Waals surface area contributed by atoms with Gasteiger partial charge in [0.15, 0.2) is 12.7 Å². The molecule has 1 N–H and O–H groups in total. The third-order valence-electron chi connectivity index (χ3n) is 3.84. The van der Waals surface area contributed by atoms with Gasteiger partial charge in [-0.1, -0.05) is 44.2 Å². The Kier molecular flexibility index (Phi) is 6.78. The van der Waals surface area contributed by atoms with Crippen molar-refractivity contribution in [2.45, 2.75) is 39.7 Å². The quantitative estimate of drug-likeness (QED) is 0.761. The predicted molar refractivity (Wildman–Crippen MR) is 101 cm³/mol. The number of nitrogens with one attached hydrogen (secondary N) is 1. The maximum atomic E-state index is 12.1. The van der Waals surface area contributed by atoms with E-state index in [4.69, 9.17) is 9.47 Å². The number of amides is 1. The molecule has 0 aliphatic rings. The molecule has 0 saturated heterocycles. The summed E-state index contributed by atoms with van der Waals surface area (Å²) in [4.78, 5) is 24.1. The molecule has 5 nitrogen and oxygen atoms in total. The maximum Gasteiger partial charge on any atom is 0.347 e. The molecule has 0 fully saturated rings. The van der Waals surface area contributed by atoms with Gasteiger partial charge in [-0.05, 0) is 49.1 Å². The van der Waals surface area contributed by atoms with Crippen LogP contribution in [-0.4, -0.2) is 24.6 Å². The highest BCUT2D eigenvalue weighted by Gasteiger charge is 2.18. The van der Waals surface area contributed by atoms with E-state index in [1.807, 2.05) is 49.4 Å². The van der Waals surface area contributed by atoms with E-state index in [0.717, 1.165) is 16.8 Å². The van der Waals surface area contributed by atoms with Gasteiger partial charge < -0.3 is 14.8 Å². The molecule has 26 heavy (non-hydrogen) atoms. The second kappa shape index (κ2) is 9.04. The van der Waals surface area contributed by atoms with Crippen LogP contribution >= 0.6 is 0 Å². The molecule has 0 heterocycles. The summed E-state index contributed by atoms with van der Waals surface area (Å²) in [5.41, 5.74) is 2.79. The Morgan fingerprint density at radius 3 is 2.46 bits per heavy atom. The second-order valence-electron chi connectivity index (χ2n) is 6.47. The molecular weight excluding hydrogens is 330 g/mol. The van der Waals surface area contributed by atoms with Crippen LogP contribution in [0.25, 0.3) is 0 Å². The van der Waals surface area contributed by atoms with E-state index in [1.165, 1.54) is 0 Å². The summed E-state index contributed by atoms with van der Waals surface area (Å²) in [6.45, 7) is 7.28. The predicted octanol–water partition coefficient (Wildman–Crippen LogP) is 4.07. The molecule has 0 bridgehead atoms. The number of rotatable bonds is 7. The number of hydrogen-bond acceptors (Lipinski definition) is 4. The number of benzene rings is 2. The largest absolute Gasteiger partial charge is 0.479 e. The summed E-state index contributed by atoms with van der Waals surface area (Å²) in [6, 6.07) is 15.0. The van der Waals surface area contributed by atoms with Crippen LogP contribution in [0.3, 0.4) is 0 Å². The summed E-state index contributed by atoms with van der Waals surface area (Å²) < 4.78 is 10.6. The van der Waals surface area contributed by atoms with Gasteiger partial charge in [0.2, 0.25) is 0 Å². The Hall–Kier alpha value is -2.82. The first-order valence-corrected chi connectivity index (χ1v) is 8.65. The van der Waals surface area contributed by atoms with Crippen LogP contribution in [0.15, 0.2) is 48.5 Å². The van der Waals surface area contributed by atoms with Gasteiger partial charge in [-0.3, -0.25) is 4.79 Å². The van der Waals surface area contributed by atoms with Crippen molar-refractivity contribution in [1.82, 2.24) is 0 Å². The molecule has 0 aliphatic carbocycles. The van der Waals surface area contributed by atoms with E-state index < -0.39 is 12.1 Å². The standard InChI is InChI=1S/C21H25NO4/c1-14(2)18-10-5-6-11-19(18)22-20(23)13-25-21(24)16(4)26-17-9-7-8-15(3)12-17/h5-12,14,16H,13H2,1-4H3,(H,22,23)/t16-/m1/s1. The van der Waals surface area contributed by atoms with Crippen LogP contribution < -0.4 is 10.1 Å². The Balaban J connectivity index is 1.86. The maximum absolute atomic E-state index is 12.1. The van der Waals surface area contributed by atoms with Crippen LogP contribution in [0.4, 0.5) is 5.69 Å². The van der Waals surface area contributed by atoms with E-state index in [2.05, 4.69) is 19.2 Å². The molecule has 1 amide bonds. The van der Waals surface area contributed by atoms with E-state index in [9.17, 15) is 9.59 Å². The van der Waals surface area contributed by atoms with Gasteiger partial charge in [0.1, 0.15) is 5.75 Å². The van der Waals surface area contributed by atoms with Crippen LogP contribution in [-0.2, 0) is 14.3 Å². The molecule has 138 valence electrons. The van der Waals surface area contributed by atoms with Crippen LogP contribution in [0.5, 0.6) is 5.75 Å². The van der Waals surface area contributed by atoms with Crippen molar-refractivity contribution in [2.24, 2.45) is 0 Å². The fourth-order valence-electron chi connectivity index (χ4n) is 2.50. The lowest BCUT2D eigenvalue weighted by atomic mass is 10.0. The normalized spacial score (nSPS) is 11.7. The summed E-state index contributed by atoms with van der Waals surface area (Å²) in [6.07, 6.45) is -0.799. The first kappa shape index (κ1) is 19.5. The third kappa shape index (κ3) is 5.62. The Labute approximate surface area is 154 Å². The monoisotopic (exact) mass is 355 g/mol. The lowest BCUT2D eigenvalue weighted by molar-refractivity contribution is -0.153. The van der Waals surface area contributed by atoms with Gasteiger partial charge in [0.25, 0.3) is 5.91 Å². The molecule has 0 radical (unpaired) electrons. The Bertz CT molecular complexity index is 770. The summed E-state index contributed by atoms with van der Waals surface area (Å²) in [5, 5.41) is 2.79. The highest BCUT2D eigenvalue weighted by Crippen LogP contribution is 2.23. The minimum absolute atomic E-state index is 0.275. The molecule has 0 saturated carbocycles. The number of carbonyl (C=O) groups excluding carboxylic acids is 2. The zero-order valence-electron chi connectivity index (χ0n) is 15.6. The number of ether oxygens (including phenoxy) is 2. The van der Waals surface area contributed by atoms with E-state index >= 15 is 0 Å². The lowest BCUT2D eigenvalue weighted by Gasteiger charge is -2.15. The Morgan fingerprint density at radius 2 is 1.77 bits per heavy atom. The zero-order chi connectivity index (χ0) is 19.1. The lowest BCUT2D eigenvalue weighted by Crippen LogP contribution is -2.30. The summed E-state index contributed by atoms with van der Waals surface area (Å²) in [7, 11) is 0. The van der Waals surface area contributed by atoms with Crippen LogP contribution in [0.1, 0.15) is 37.8 Å². The van der Waals surface area contributed by atoms with Crippen molar-refractivity contribution in [3.63, 3.8) is 0 Å². The van der Waals surface area contributed by atoms with E-state index in [-0.39, 0.29) is 18.4 Å². The molecule has 0 spiro atoms. The average Bonchev–Trinajstić information content (AvgIpc) is 2.60. The smallest absolute Gasteiger partial charge is 0.347 e. The molecule has 5 heteroatoms. The number of para-hydroxylation sites is 1. The van der Waals surface area contributed by atoms with Crippen LogP contribution in [0.2, 0.25) is 0 Å². The van der Waals surface area contributed by atoms with Gasteiger partial charge >= 0.3 is 5.97 Å². The molecule has 0 aromatic heterocycles. The molecule has 0 unspecified atom stereocenters. The first-order chi connectivity index (χ1) is 12.4. The van der Waals surface area contributed by atoms with Gasteiger partial charge in [0, 0.05) is 5.69 Å². The van der Waals surface area contributed by atoms with Crippen molar-refractivity contribution in [3.05, 3.63) is 59.7 Å². The van der Waals surface area contributed by atoms with Crippen molar-refractivity contribution in [2.75, 3.05) is 11.9 Å². The average molecular weight is 355 g/mol. The van der Waals surface area contributed by atoms with E-state index in [0.29, 0.717) is 5.75 Å². The Morgan fingerprint density at radius 1 is 1.04 bits per heavy atom. The van der Waals surface area contributed by atoms with Crippen LogP contribution in [0, 0.1) is 6.92 Å². The molecule has 0 aliphatic heterocycles. The molecule has 2 aromatic carbocycles. The molecule has 2 aromatic rings. The highest BCUT2D eigenvalue weighted by molar-refractivity contribution is 5.93. The second-order valence-corrected chi connectivity index (χ2v) is 6.47. The molecular formula is C21H25NO4. The van der Waals surface area contributed by atoms with Gasteiger partial charge in [-0.25, -0.2) is 4.79 Å². The topological polar surface area (TPSA) is 64.6 Å². The zero-order valence-corrected chi connectivity index (χ0v) is 15.6. The third-order valence-corrected chi connectivity index (χ3v) is 3.84. The number of aryl methyl sites for hydroxylation is 1. The fourth-order valence-corrected chi connectivity index (χ4v) is 2.50. The molecule has 1 atom stereocenters. The molecule has 2 rings (SSSR count). The van der Waals surface area contributed by atoms with Gasteiger partial charge in [0.05, 0.1) is 0 Å².